The molecule has 2 rings (SSSR count). The number of nitrogens with one attached hydrogen (secondary N) is 1. The fraction of sp³-hybridized carbons (Fsp3) is 0.533. The van der Waals surface area contributed by atoms with Crippen molar-refractivity contribution in [2.75, 3.05) is 6.54 Å². The Morgan fingerprint density at radius 2 is 2.05 bits per heavy atom. The van der Waals surface area contributed by atoms with E-state index in [1.807, 2.05) is 18.2 Å². The van der Waals surface area contributed by atoms with Gasteiger partial charge >= 0.3 is 0 Å². The summed E-state index contributed by atoms with van der Waals surface area (Å²) >= 11 is 0. The van der Waals surface area contributed by atoms with Gasteiger partial charge in [-0.25, -0.2) is 0 Å². The van der Waals surface area contributed by atoms with Crippen molar-refractivity contribution in [3.05, 3.63) is 35.9 Å². The normalized spacial score (nSPS) is 23.5. The number of nitrogens with two attached hydrogens (primary N) is 1. The Labute approximate surface area is 121 Å². The number of rotatable bonds is 4. The first-order valence-corrected chi connectivity index (χ1v) is 6.75. The Morgan fingerprint density at radius 1 is 1.37 bits per heavy atom. The first-order valence-electron chi connectivity index (χ1n) is 6.75. The highest BCUT2D eigenvalue weighted by Crippen LogP contribution is 2.24. The third kappa shape index (κ3) is 4.51. The van der Waals surface area contributed by atoms with Crippen LogP contribution in [0.4, 0.5) is 0 Å². The van der Waals surface area contributed by atoms with Crippen LogP contribution in [0.2, 0.25) is 0 Å². The second-order valence-corrected chi connectivity index (χ2v) is 5.33. The van der Waals surface area contributed by atoms with E-state index in [2.05, 4.69) is 24.4 Å². The lowest BCUT2D eigenvalue weighted by Gasteiger charge is -2.15. The van der Waals surface area contributed by atoms with Gasteiger partial charge in [-0.1, -0.05) is 37.3 Å². The molecule has 0 saturated heterocycles. The van der Waals surface area contributed by atoms with Crippen LogP contribution in [0.1, 0.15) is 37.7 Å². The number of carbonyl (C=O) groups is 1. The Balaban J connectivity index is 0.00000180. The summed E-state index contributed by atoms with van der Waals surface area (Å²) in [6.07, 6.45) is 2.75. The summed E-state index contributed by atoms with van der Waals surface area (Å²) in [5, 5.41) is 3.05. The second kappa shape index (κ2) is 7.51. The van der Waals surface area contributed by atoms with Crippen molar-refractivity contribution in [1.82, 2.24) is 5.32 Å². The monoisotopic (exact) mass is 282 g/mol. The molecule has 0 aliphatic heterocycles. The predicted molar refractivity (Wildman–Crippen MR) is 80.4 cm³/mol. The zero-order chi connectivity index (χ0) is 13.0. The number of hydrogen-bond acceptors (Lipinski definition) is 2. The van der Waals surface area contributed by atoms with E-state index in [-0.39, 0.29) is 30.3 Å². The van der Waals surface area contributed by atoms with Gasteiger partial charge in [-0.2, -0.15) is 0 Å². The highest BCUT2D eigenvalue weighted by molar-refractivity contribution is 5.85. The minimum Gasteiger partial charge on any atom is -0.355 e. The van der Waals surface area contributed by atoms with E-state index in [0.717, 1.165) is 19.3 Å². The Kier molecular flexibility index (Phi) is 6.32. The molecule has 0 aromatic heterocycles. The van der Waals surface area contributed by atoms with Crippen LogP contribution in [0.5, 0.6) is 0 Å². The van der Waals surface area contributed by atoms with Gasteiger partial charge in [0.1, 0.15) is 0 Å². The van der Waals surface area contributed by atoms with Gasteiger partial charge in [-0.15, -0.1) is 12.4 Å². The van der Waals surface area contributed by atoms with Crippen LogP contribution in [0.15, 0.2) is 30.3 Å². The molecule has 0 radical (unpaired) electrons. The lowest BCUT2D eigenvalue weighted by Crippen LogP contribution is -2.33. The molecule has 3 N–H and O–H groups in total. The van der Waals surface area contributed by atoms with Crippen molar-refractivity contribution in [3.63, 3.8) is 0 Å². The number of halogens is 1. The maximum atomic E-state index is 12.0. The van der Waals surface area contributed by atoms with E-state index in [1.165, 1.54) is 5.56 Å². The van der Waals surface area contributed by atoms with Gasteiger partial charge in [-0.05, 0) is 30.7 Å². The molecule has 19 heavy (non-hydrogen) atoms. The second-order valence-electron chi connectivity index (χ2n) is 5.33. The summed E-state index contributed by atoms with van der Waals surface area (Å²) in [4.78, 5) is 12.0. The van der Waals surface area contributed by atoms with Crippen molar-refractivity contribution >= 4 is 18.3 Å². The fourth-order valence-corrected chi connectivity index (χ4v) is 2.55. The third-order valence-corrected chi connectivity index (χ3v) is 3.80. The Bertz CT molecular complexity index is 396. The lowest BCUT2D eigenvalue weighted by atomic mass is 10.0. The molecule has 3 nitrogen and oxygen atoms in total. The minimum atomic E-state index is 0. The molecule has 1 aromatic rings. The van der Waals surface area contributed by atoms with Crippen molar-refractivity contribution in [1.29, 1.82) is 0 Å². The minimum absolute atomic E-state index is 0. The van der Waals surface area contributed by atoms with Crippen LogP contribution in [0, 0.1) is 5.92 Å². The van der Waals surface area contributed by atoms with Crippen LogP contribution >= 0.6 is 12.4 Å². The summed E-state index contributed by atoms with van der Waals surface area (Å²) in [6, 6.07) is 10.5. The number of hydrogen-bond donors (Lipinski definition) is 2. The van der Waals surface area contributed by atoms with Crippen LogP contribution in [-0.2, 0) is 4.79 Å². The van der Waals surface area contributed by atoms with Gasteiger partial charge in [-0.3, -0.25) is 4.79 Å². The summed E-state index contributed by atoms with van der Waals surface area (Å²) in [5.74, 6) is 0.652. The molecule has 3 atom stereocenters. The average Bonchev–Trinajstić information content (AvgIpc) is 2.83. The van der Waals surface area contributed by atoms with Gasteiger partial charge in [0.05, 0.1) is 0 Å². The molecule has 0 heterocycles. The maximum absolute atomic E-state index is 12.0. The summed E-state index contributed by atoms with van der Waals surface area (Å²) in [5.41, 5.74) is 7.09. The van der Waals surface area contributed by atoms with Gasteiger partial charge < -0.3 is 11.1 Å². The smallest absolute Gasteiger partial charge is 0.223 e. The molecule has 1 aliphatic rings. The molecule has 1 aliphatic carbocycles. The van der Waals surface area contributed by atoms with Gasteiger partial charge in [0.15, 0.2) is 0 Å². The van der Waals surface area contributed by atoms with Crippen molar-refractivity contribution in [2.45, 2.75) is 38.1 Å². The SMILES string of the molecule is CC(CNC(=O)C1CCC(N)C1)c1ccccc1.Cl. The van der Waals surface area contributed by atoms with E-state index in [9.17, 15) is 4.79 Å². The van der Waals surface area contributed by atoms with E-state index in [4.69, 9.17) is 5.73 Å². The molecule has 4 heteroatoms. The number of carbonyl (C=O) groups excluding carboxylic acids is 1. The lowest BCUT2D eigenvalue weighted by molar-refractivity contribution is -0.124. The van der Waals surface area contributed by atoms with E-state index in [1.54, 1.807) is 0 Å². The molecular formula is C15H23ClN2O. The first-order chi connectivity index (χ1) is 8.66. The Hall–Kier alpha value is -1.06. The maximum Gasteiger partial charge on any atom is 0.223 e. The molecule has 106 valence electrons. The number of benzene rings is 1. The quantitative estimate of drug-likeness (QED) is 0.891. The molecule has 1 amide bonds. The molecular weight excluding hydrogens is 260 g/mol. The Morgan fingerprint density at radius 3 is 2.63 bits per heavy atom. The standard InChI is InChI=1S/C15H22N2O.ClH/c1-11(12-5-3-2-4-6-12)10-17-15(18)13-7-8-14(16)9-13;/h2-6,11,13-14H,7-10,16H2,1H3,(H,17,18);1H. The van der Waals surface area contributed by atoms with E-state index in [0.29, 0.717) is 12.5 Å². The van der Waals surface area contributed by atoms with Gasteiger partial charge in [0.25, 0.3) is 0 Å². The molecule has 1 aromatic carbocycles. The van der Waals surface area contributed by atoms with Crippen molar-refractivity contribution < 1.29 is 4.79 Å². The molecule has 0 spiro atoms. The molecule has 3 unspecified atom stereocenters. The van der Waals surface area contributed by atoms with Crippen LogP contribution in [-0.4, -0.2) is 18.5 Å². The largest absolute Gasteiger partial charge is 0.355 e. The fourth-order valence-electron chi connectivity index (χ4n) is 2.55. The zero-order valence-corrected chi connectivity index (χ0v) is 12.2. The topological polar surface area (TPSA) is 55.1 Å². The summed E-state index contributed by atoms with van der Waals surface area (Å²) < 4.78 is 0. The molecule has 1 fully saturated rings. The van der Waals surface area contributed by atoms with Crippen molar-refractivity contribution in [2.24, 2.45) is 11.7 Å². The zero-order valence-electron chi connectivity index (χ0n) is 11.3. The van der Waals surface area contributed by atoms with Gasteiger partial charge in [0, 0.05) is 18.5 Å². The van der Waals surface area contributed by atoms with Crippen LogP contribution in [0.3, 0.4) is 0 Å². The predicted octanol–water partition coefficient (Wildman–Crippen LogP) is 2.46. The highest BCUT2D eigenvalue weighted by atomic mass is 35.5. The highest BCUT2D eigenvalue weighted by Gasteiger charge is 2.27. The summed E-state index contributed by atoms with van der Waals surface area (Å²) in [7, 11) is 0. The first kappa shape index (κ1) is 16.0. The third-order valence-electron chi connectivity index (χ3n) is 3.80. The summed E-state index contributed by atoms with van der Waals surface area (Å²) in [6.45, 7) is 2.84. The van der Waals surface area contributed by atoms with E-state index >= 15 is 0 Å². The average molecular weight is 283 g/mol. The van der Waals surface area contributed by atoms with Crippen LogP contribution in [0.25, 0.3) is 0 Å². The van der Waals surface area contributed by atoms with Crippen LogP contribution < -0.4 is 11.1 Å². The van der Waals surface area contributed by atoms with Gasteiger partial charge in [0.2, 0.25) is 5.91 Å². The van der Waals surface area contributed by atoms with E-state index < -0.39 is 0 Å². The molecule has 0 bridgehead atoms. The number of amides is 1. The van der Waals surface area contributed by atoms with Crippen molar-refractivity contribution in [3.8, 4) is 0 Å². The molecule has 1 saturated carbocycles.